The second-order valence-electron chi connectivity index (χ2n) is 2.88. The van der Waals surface area contributed by atoms with Crippen molar-refractivity contribution in [3.05, 3.63) is 6.92 Å². The van der Waals surface area contributed by atoms with Gasteiger partial charge in [-0.25, -0.2) is 4.39 Å². The number of alkyl halides is 1. The van der Waals surface area contributed by atoms with Gasteiger partial charge in [-0.1, -0.05) is 0 Å². The first-order valence-electron chi connectivity index (χ1n) is 3.85. The van der Waals surface area contributed by atoms with Crippen LogP contribution in [0.3, 0.4) is 0 Å². The third kappa shape index (κ3) is 2.87. The van der Waals surface area contributed by atoms with Crippen LogP contribution in [0.1, 0.15) is 25.7 Å². The van der Waals surface area contributed by atoms with E-state index in [2.05, 4.69) is 6.92 Å². The van der Waals surface area contributed by atoms with Crippen molar-refractivity contribution in [3.63, 3.8) is 0 Å². The molecule has 0 aliphatic heterocycles. The SMILES string of the molecule is [CH2]C(=O)OC1CCCC(F)C1. The van der Waals surface area contributed by atoms with E-state index in [1.165, 1.54) is 0 Å². The molecule has 2 atom stereocenters. The standard InChI is InChI=1S/C8H12FO2/c1-6(10)11-8-4-2-3-7(9)5-8/h7-8H,1-5H2. The molecule has 0 aromatic rings. The van der Waals surface area contributed by atoms with Gasteiger partial charge >= 0.3 is 5.97 Å². The van der Waals surface area contributed by atoms with Crippen molar-refractivity contribution in [1.29, 1.82) is 0 Å². The number of carbonyl (C=O) groups is 1. The first-order valence-corrected chi connectivity index (χ1v) is 3.85. The Morgan fingerprint density at radius 2 is 2.27 bits per heavy atom. The van der Waals surface area contributed by atoms with E-state index in [9.17, 15) is 9.18 Å². The van der Waals surface area contributed by atoms with Crippen LogP contribution >= 0.6 is 0 Å². The van der Waals surface area contributed by atoms with Crippen molar-refractivity contribution in [3.8, 4) is 0 Å². The molecule has 0 heterocycles. The minimum absolute atomic E-state index is 0.233. The third-order valence-corrected chi connectivity index (χ3v) is 1.86. The van der Waals surface area contributed by atoms with Crippen LogP contribution in [0.15, 0.2) is 0 Å². The Hall–Kier alpha value is -0.600. The highest BCUT2D eigenvalue weighted by atomic mass is 19.1. The second kappa shape index (κ2) is 3.69. The van der Waals surface area contributed by atoms with Crippen LogP contribution in [0.25, 0.3) is 0 Å². The van der Waals surface area contributed by atoms with Gasteiger partial charge in [0.25, 0.3) is 0 Å². The van der Waals surface area contributed by atoms with Crippen molar-refractivity contribution in [2.75, 3.05) is 0 Å². The summed E-state index contributed by atoms with van der Waals surface area (Å²) in [6, 6.07) is 0. The monoisotopic (exact) mass is 159 g/mol. The van der Waals surface area contributed by atoms with Crippen LogP contribution in [0.5, 0.6) is 0 Å². The molecule has 0 aromatic carbocycles. The fraction of sp³-hybridized carbons (Fsp3) is 0.750. The van der Waals surface area contributed by atoms with Gasteiger partial charge in [0.1, 0.15) is 12.3 Å². The predicted molar refractivity (Wildman–Crippen MR) is 38.6 cm³/mol. The number of rotatable bonds is 1. The van der Waals surface area contributed by atoms with Gasteiger partial charge in [-0.05, 0) is 19.3 Å². The highest BCUT2D eigenvalue weighted by Crippen LogP contribution is 2.23. The average Bonchev–Trinajstić information content (AvgIpc) is 1.85. The normalized spacial score (nSPS) is 31.5. The second-order valence-corrected chi connectivity index (χ2v) is 2.88. The minimum Gasteiger partial charge on any atom is -0.462 e. The van der Waals surface area contributed by atoms with Crippen LogP contribution < -0.4 is 0 Å². The molecule has 0 amide bonds. The summed E-state index contributed by atoms with van der Waals surface area (Å²) in [5, 5.41) is 0. The zero-order valence-corrected chi connectivity index (χ0v) is 6.38. The van der Waals surface area contributed by atoms with Crippen molar-refractivity contribution in [1.82, 2.24) is 0 Å². The Balaban J connectivity index is 2.28. The van der Waals surface area contributed by atoms with E-state index in [4.69, 9.17) is 4.74 Å². The summed E-state index contributed by atoms with van der Waals surface area (Å²) in [6.07, 6.45) is 1.50. The van der Waals surface area contributed by atoms with Crippen molar-refractivity contribution >= 4 is 5.97 Å². The molecule has 0 bridgehead atoms. The Kier molecular flexibility index (Phi) is 2.85. The van der Waals surface area contributed by atoms with Gasteiger partial charge in [-0.3, -0.25) is 4.79 Å². The van der Waals surface area contributed by atoms with Crippen molar-refractivity contribution in [2.45, 2.75) is 38.0 Å². The lowest BCUT2D eigenvalue weighted by molar-refractivity contribution is -0.145. The molecule has 1 radical (unpaired) electrons. The molecule has 0 aromatic heterocycles. The summed E-state index contributed by atoms with van der Waals surface area (Å²) in [5.74, 6) is -0.552. The summed E-state index contributed by atoms with van der Waals surface area (Å²) in [6.45, 7) is 3.07. The number of ether oxygens (including phenoxy) is 1. The van der Waals surface area contributed by atoms with Crippen molar-refractivity contribution in [2.24, 2.45) is 0 Å². The molecule has 0 spiro atoms. The lowest BCUT2D eigenvalue weighted by Gasteiger charge is -2.23. The molecule has 1 fully saturated rings. The molecule has 63 valence electrons. The summed E-state index contributed by atoms with van der Waals surface area (Å²) < 4.78 is 17.4. The van der Waals surface area contributed by atoms with E-state index in [0.29, 0.717) is 12.8 Å². The first-order chi connectivity index (χ1) is 5.18. The molecule has 1 rings (SSSR count). The molecule has 11 heavy (non-hydrogen) atoms. The number of carbonyl (C=O) groups excluding carboxylic acids is 1. The molecule has 2 nitrogen and oxygen atoms in total. The highest BCUT2D eigenvalue weighted by Gasteiger charge is 2.23. The van der Waals surface area contributed by atoms with E-state index in [-0.39, 0.29) is 6.10 Å². The van der Waals surface area contributed by atoms with Gasteiger partial charge in [0, 0.05) is 6.42 Å². The number of hydrogen-bond acceptors (Lipinski definition) is 2. The van der Waals surface area contributed by atoms with Gasteiger partial charge in [-0.15, -0.1) is 0 Å². The molecule has 1 aliphatic carbocycles. The summed E-state index contributed by atoms with van der Waals surface area (Å²) in [7, 11) is 0. The largest absolute Gasteiger partial charge is 0.462 e. The van der Waals surface area contributed by atoms with Crippen LogP contribution in [-0.2, 0) is 9.53 Å². The van der Waals surface area contributed by atoms with Gasteiger partial charge in [0.2, 0.25) is 0 Å². The van der Waals surface area contributed by atoms with Crippen LogP contribution in [-0.4, -0.2) is 18.2 Å². The van der Waals surface area contributed by atoms with Crippen LogP contribution in [0.2, 0.25) is 0 Å². The smallest absolute Gasteiger partial charge is 0.306 e. The Morgan fingerprint density at radius 1 is 1.55 bits per heavy atom. The predicted octanol–water partition coefficient (Wildman–Crippen LogP) is 1.64. The fourth-order valence-corrected chi connectivity index (χ4v) is 1.38. The molecular weight excluding hydrogens is 147 g/mol. The summed E-state index contributed by atoms with van der Waals surface area (Å²) >= 11 is 0. The topological polar surface area (TPSA) is 26.3 Å². The maximum absolute atomic E-state index is 12.7. The first kappa shape index (κ1) is 8.50. The van der Waals surface area contributed by atoms with Gasteiger partial charge < -0.3 is 4.74 Å². The molecule has 3 heteroatoms. The van der Waals surface area contributed by atoms with E-state index >= 15 is 0 Å². The number of halogens is 1. The maximum Gasteiger partial charge on any atom is 0.306 e. The lowest BCUT2D eigenvalue weighted by atomic mass is 9.96. The van der Waals surface area contributed by atoms with Gasteiger partial charge in [0.15, 0.2) is 0 Å². The maximum atomic E-state index is 12.7. The van der Waals surface area contributed by atoms with E-state index in [0.717, 1.165) is 12.8 Å². The van der Waals surface area contributed by atoms with Crippen LogP contribution in [0, 0.1) is 6.92 Å². The van der Waals surface area contributed by atoms with Gasteiger partial charge in [0.05, 0.1) is 6.92 Å². The Labute approximate surface area is 65.7 Å². The van der Waals surface area contributed by atoms with E-state index in [1.807, 2.05) is 0 Å². The van der Waals surface area contributed by atoms with Crippen LogP contribution in [0.4, 0.5) is 4.39 Å². The van der Waals surface area contributed by atoms with E-state index in [1.54, 1.807) is 0 Å². The zero-order valence-electron chi connectivity index (χ0n) is 6.38. The molecule has 1 aliphatic rings. The summed E-state index contributed by atoms with van der Waals surface area (Å²) in [5.41, 5.74) is 0. The number of hydrogen-bond donors (Lipinski definition) is 0. The minimum atomic E-state index is -0.798. The quantitative estimate of drug-likeness (QED) is 0.544. The molecule has 1 saturated carbocycles. The summed E-state index contributed by atoms with van der Waals surface area (Å²) in [4.78, 5) is 10.4. The Morgan fingerprint density at radius 3 is 2.82 bits per heavy atom. The fourth-order valence-electron chi connectivity index (χ4n) is 1.38. The molecule has 0 saturated heterocycles. The highest BCUT2D eigenvalue weighted by molar-refractivity contribution is 5.73. The molecular formula is C8H12FO2. The number of esters is 1. The third-order valence-electron chi connectivity index (χ3n) is 1.86. The zero-order chi connectivity index (χ0) is 8.27. The van der Waals surface area contributed by atoms with E-state index < -0.39 is 12.1 Å². The van der Waals surface area contributed by atoms with Crippen molar-refractivity contribution < 1.29 is 13.9 Å². The molecule has 2 unspecified atom stereocenters. The lowest BCUT2D eigenvalue weighted by Crippen LogP contribution is -2.25. The van der Waals surface area contributed by atoms with Gasteiger partial charge in [-0.2, -0.15) is 0 Å². The molecule has 0 N–H and O–H groups in total. The average molecular weight is 159 g/mol. The Bertz CT molecular complexity index is 147.